The van der Waals surface area contributed by atoms with Crippen LogP contribution in [0.15, 0.2) is 60.7 Å². The molecule has 0 spiro atoms. The Morgan fingerprint density at radius 1 is 0.947 bits per heavy atom. The first-order chi connectivity index (χ1) is 9.25. The molecule has 1 aliphatic carbocycles. The highest BCUT2D eigenvalue weighted by molar-refractivity contribution is 5.74. The van der Waals surface area contributed by atoms with Gasteiger partial charge >= 0.3 is 0 Å². The first-order valence-electron chi connectivity index (χ1n) is 6.76. The van der Waals surface area contributed by atoms with Gasteiger partial charge in [-0.15, -0.1) is 0 Å². The maximum Gasteiger partial charge on any atom is 0.00892 e. The Morgan fingerprint density at radius 3 is 2.37 bits per heavy atom. The van der Waals surface area contributed by atoms with Crippen molar-refractivity contribution in [2.75, 3.05) is 0 Å². The standard InChI is InChI=1S/C19H18/c1-14(2)19-13-17-9-4-3-7-15(17)11-12-16-8-5-6-10-18(16)19/h3-12,19H,1,13H2,2H3/b12-11-. The van der Waals surface area contributed by atoms with Gasteiger partial charge < -0.3 is 0 Å². The fraction of sp³-hybridized carbons (Fsp3) is 0.158. The lowest BCUT2D eigenvalue weighted by Gasteiger charge is -2.23. The molecular weight excluding hydrogens is 228 g/mol. The summed E-state index contributed by atoms with van der Waals surface area (Å²) in [6.45, 7) is 6.33. The summed E-state index contributed by atoms with van der Waals surface area (Å²) >= 11 is 0. The smallest absolute Gasteiger partial charge is 0.00892 e. The van der Waals surface area contributed by atoms with E-state index < -0.39 is 0 Å². The second kappa shape index (κ2) is 4.89. The third-order valence-electron chi connectivity index (χ3n) is 3.89. The molecule has 0 N–H and O–H groups in total. The van der Waals surface area contributed by atoms with Crippen LogP contribution in [0.5, 0.6) is 0 Å². The Kier molecular flexibility index (Phi) is 3.08. The van der Waals surface area contributed by atoms with Crippen molar-refractivity contribution in [2.24, 2.45) is 0 Å². The summed E-state index contributed by atoms with van der Waals surface area (Å²) in [5.74, 6) is 0.405. The lowest BCUT2D eigenvalue weighted by molar-refractivity contribution is 0.785. The maximum atomic E-state index is 4.20. The summed E-state index contributed by atoms with van der Waals surface area (Å²) in [4.78, 5) is 0. The maximum absolute atomic E-state index is 4.20. The van der Waals surface area contributed by atoms with Gasteiger partial charge in [-0.3, -0.25) is 0 Å². The Balaban J connectivity index is 2.19. The molecule has 1 atom stereocenters. The number of rotatable bonds is 1. The van der Waals surface area contributed by atoms with E-state index in [0.717, 1.165) is 6.42 Å². The van der Waals surface area contributed by atoms with Crippen LogP contribution in [0.25, 0.3) is 12.2 Å². The topological polar surface area (TPSA) is 0 Å². The molecule has 19 heavy (non-hydrogen) atoms. The van der Waals surface area contributed by atoms with E-state index >= 15 is 0 Å². The molecule has 0 amide bonds. The molecule has 0 heteroatoms. The molecule has 2 aromatic rings. The van der Waals surface area contributed by atoms with Crippen LogP contribution in [0, 0.1) is 0 Å². The molecule has 94 valence electrons. The molecule has 0 nitrogen and oxygen atoms in total. The zero-order valence-electron chi connectivity index (χ0n) is 11.3. The van der Waals surface area contributed by atoms with Crippen molar-refractivity contribution in [1.82, 2.24) is 0 Å². The van der Waals surface area contributed by atoms with Gasteiger partial charge in [0.05, 0.1) is 0 Å². The monoisotopic (exact) mass is 246 g/mol. The van der Waals surface area contributed by atoms with E-state index in [1.807, 2.05) is 0 Å². The van der Waals surface area contributed by atoms with Gasteiger partial charge in [-0.05, 0) is 35.6 Å². The van der Waals surface area contributed by atoms with E-state index in [4.69, 9.17) is 0 Å². The van der Waals surface area contributed by atoms with E-state index in [9.17, 15) is 0 Å². The lowest BCUT2D eigenvalue weighted by Crippen LogP contribution is -2.08. The zero-order valence-corrected chi connectivity index (χ0v) is 11.3. The van der Waals surface area contributed by atoms with Crippen molar-refractivity contribution < 1.29 is 0 Å². The van der Waals surface area contributed by atoms with Crippen LogP contribution in [0.3, 0.4) is 0 Å². The summed E-state index contributed by atoms with van der Waals surface area (Å²) in [5.41, 5.74) is 6.66. The van der Waals surface area contributed by atoms with E-state index in [0.29, 0.717) is 5.92 Å². The molecular formula is C19H18. The van der Waals surface area contributed by atoms with Crippen LogP contribution in [0.4, 0.5) is 0 Å². The van der Waals surface area contributed by atoms with Crippen molar-refractivity contribution in [3.05, 3.63) is 82.9 Å². The molecule has 0 fully saturated rings. The summed E-state index contributed by atoms with van der Waals surface area (Å²) in [7, 11) is 0. The third-order valence-corrected chi connectivity index (χ3v) is 3.89. The molecule has 0 bridgehead atoms. The highest BCUT2D eigenvalue weighted by atomic mass is 14.2. The van der Waals surface area contributed by atoms with E-state index in [-0.39, 0.29) is 0 Å². The molecule has 1 aliphatic rings. The SMILES string of the molecule is C=C(C)C1Cc2ccccc2/C=C\c2ccccc21. The quantitative estimate of drug-likeness (QED) is 0.616. The van der Waals surface area contributed by atoms with Gasteiger partial charge in [0.25, 0.3) is 0 Å². The van der Waals surface area contributed by atoms with Gasteiger partial charge in [-0.2, -0.15) is 0 Å². The first kappa shape index (κ1) is 12.0. The van der Waals surface area contributed by atoms with Crippen LogP contribution in [0.1, 0.15) is 35.1 Å². The zero-order chi connectivity index (χ0) is 13.2. The van der Waals surface area contributed by atoms with E-state index in [1.165, 1.54) is 27.8 Å². The average Bonchev–Trinajstić information content (AvgIpc) is 2.41. The van der Waals surface area contributed by atoms with Crippen molar-refractivity contribution in [2.45, 2.75) is 19.3 Å². The fourth-order valence-electron chi connectivity index (χ4n) is 2.81. The van der Waals surface area contributed by atoms with Gasteiger partial charge in [-0.1, -0.05) is 72.8 Å². The minimum atomic E-state index is 0.405. The van der Waals surface area contributed by atoms with Crippen molar-refractivity contribution in [3.63, 3.8) is 0 Å². The number of fused-ring (bicyclic) bond motifs is 2. The third kappa shape index (κ3) is 2.26. The van der Waals surface area contributed by atoms with Crippen LogP contribution in [0.2, 0.25) is 0 Å². The normalized spacial score (nSPS) is 18.7. The van der Waals surface area contributed by atoms with E-state index in [1.54, 1.807) is 0 Å². The molecule has 1 unspecified atom stereocenters. The molecule has 2 aromatic carbocycles. The highest BCUT2D eigenvalue weighted by Crippen LogP contribution is 2.33. The Hall–Kier alpha value is -2.08. The minimum Gasteiger partial charge on any atom is -0.0995 e. The number of allylic oxidation sites excluding steroid dienone is 1. The largest absolute Gasteiger partial charge is 0.0995 e. The number of hydrogen-bond acceptors (Lipinski definition) is 0. The number of hydrogen-bond donors (Lipinski definition) is 0. The molecule has 0 saturated heterocycles. The number of benzene rings is 2. The fourth-order valence-corrected chi connectivity index (χ4v) is 2.81. The van der Waals surface area contributed by atoms with Gasteiger partial charge in [0.2, 0.25) is 0 Å². The van der Waals surface area contributed by atoms with Crippen LogP contribution < -0.4 is 0 Å². The Labute approximate surface area is 115 Å². The highest BCUT2D eigenvalue weighted by Gasteiger charge is 2.18. The summed E-state index contributed by atoms with van der Waals surface area (Å²) in [6.07, 6.45) is 5.49. The van der Waals surface area contributed by atoms with Crippen LogP contribution in [-0.2, 0) is 6.42 Å². The van der Waals surface area contributed by atoms with Crippen LogP contribution in [-0.4, -0.2) is 0 Å². The van der Waals surface area contributed by atoms with Crippen molar-refractivity contribution >= 4 is 12.2 Å². The van der Waals surface area contributed by atoms with Crippen molar-refractivity contribution in [3.8, 4) is 0 Å². The molecule has 0 aliphatic heterocycles. The molecule has 3 rings (SSSR count). The van der Waals surface area contributed by atoms with Gasteiger partial charge in [0.1, 0.15) is 0 Å². The predicted molar refractivity (Wildman–Crippen MR) is 83.1 cm³/mol. The predicted octanol–water partition coefficient (Wildman–Crippen LogP) is 5.07. The Bertz CT molecular complexity index is 647. The van der Waals surface area contributed by atoms with Gasteiger partial charge in [-0.25, -0.2) is 0 Å². The van der Waals surface area contributed by atoms with E-state index in [2.05, 4.69) is 74.2 Å². The summed E-state index contributed by atoms with van der Waals surface area (Å²) in [6, 6.07) is 17.3. The molecule has 0 aromatic heterocycles. The lowest BCUT2D eigenvalue weighted by atomic mass is 9.81. The molecule has 0 heterocycles. The van der Waals surface area contributed by atoms with Gasteiger partial charge in [0, 0.05) is 5.92 Å². The minimum absolute atomic E-state index is 0.405. The average molecular weight is 246 g/mol. The molecule has 0 radical (unpaired) electrons. The van der Waals surface area contributed by atoms with Gasteiger partial charge in [0.15, 0.2) is 0 Å². The van der Waals surface area contributed by atoms with Crippen molar-refractivity contribution in [1.29, 1.82) is 0 Å². The second-order valence-electron chi connectivity index (χ2n) is 5.26. The summed E-state index contributed by atoms with van der Waals surface area (Å²) < 4.78 is 0. The summed E-state index contributed by atoms with van der Waals surface area (Å²) in [5, 5.41) is 0. The van der Waals surface area contributed by atoms with Crippen LogP contribution >= 0.6 is 0 Å². The second-order valence-corrected chi connectivity index (χ2v) is 5.26. The Morgan fingerprint density at radius 2 is 1.58 bits per heavy atom. The molecule has 0 saturated carbocycles. The first-order valence-corrected chi connectivity index (χ1v) is 6.76.